The number of urea groups is 1. The van der Waals surface area contributed by atoms with Gasteiger partial charge in [0.15, 0.2) is 6.04 Å². The summed E-state index contributed by atoms with van der Waals surface area (Å²) in [5.74, 6) is -1.12. The number of carboxylic acid groups (broad SMARTS) is 1. The molecule has 0 rings (SSSR count). The van der Waals surface area contributed by atoms with Gasteiger partial charge in [-0.05, 0) is 12.8 Å². The number of methoxy groups -OCH3 is 2. The molecule has 2 amide bonds. The van der Waals surface area contributed by atoms with Crippen molar-refractivity contribution >= 4 is 12.0 Å². The van der Waals surface area contributed by atoms with Crippen LogP contribution in [0.15, 0.2) is 0 Å². The number of carbonyl (C=O) groups excluding carboxylic acids is 1. The van der Waals surface area contributed by atoms with Crippen LogP contribution < -0.4 is 10.6 Å². The number of ether oxygens (including phenoxy) is 2. The first-order valence-electron chi connectivity index (χ1n) is 5.36. The minimum atomic E-state index is -1.12. The van der Waals surface area contributed by atoms with Crippen molar-refractivity contribution in [3.8, 4) is 0 Å². The van der Waals surface area contributed by atoms with Gasteiger partial charge in [0.2, 0.25) is 0 Å². The zero-order valence-electron chi connectivity index (χ0n) is 10.2. The van der Waals surface area contributed by atoms with Gasteiger partial charge in [-0.1, -0.05) is 0 Å². The molecule has 0 fully saturated rings. The van der Waals surface area contributed by atoms with E-state index >= 15 is 0 Å². The average molecular weight is 248 g/mol. The summed E-state index contributed by atoms with van der Waals surface area (Å²) >= 11 is 0. The fraction of sp³-hybridized carbons (Fsp3) is 0.800. The van der Waals surface area contributed by atoms with Crippen molar-refractivity contribution in [3.63, 3.8) is 0 Å². The number of unbranched alkanes of at least 4 members (excludes halogenated alkanes) is 1. The van der Waals surface area contributed by atoms with Gasteiger partial charge in [0.25, 0.3) is 0 Å². The molecule has 0 aliphatic carbocycles. The van der Waals surface area contributed by atoms with Crippen molar-refractivity contribution in [3.05, 3.63) is 0 Å². The quantitative estimate of drug-likeness (QED) is 0.491. The lowest BCUT2D eigenvalue weighted by Gasteiger charge is -2.14. The van der Waals surface area contributed by atoms with E-state index in [1.807, 2.05) is 0 Å². The average Bonchev–Trinajstić information content (AvgIpc) is 2.28. The molecule has 0 radical (unpaired) electrons. The van der Waals surface area contributed by atoms with Crippen molar-refractivity contribution in [2.75, 3.05) is 34.0 Å². The van der Waals surface area contributed by atoms with E-state index in [-0.39, 0.29) is 6.61 Å². The molecule has 0 saturated heterocycles. The third-order valence-electron chi connectivity index (χ3n) is 2.00. The molecule has 100 valence electrons. The first-order valence-corrected chi connectivity index (χ1v) is 5.36. The fourth-order valence-electron chi connectivity index (χ4n) is 1.12. The summed E-state index contributed by atoms with van der Waals surface area (Å²) in [5, 5.41) is 13.6. The van der Waals surface area contributed by atoms with Gasteiger partial charge in [0, 0.05) is 27.4 Å². The minimum Gasteiger partial charge on any atom is -0.480 e. The van der Waals surface area contributed by atoms with Crippen molar-refractivity contribution in [1.82, 2.24) is 10.6 Å². The SMILES string of the molecule is COCCCCNC(=O)NC(COC)C(=O)O. The van der Waals surface area contributed by atoms with E-state index in [0.29, 0.717) is 13.2 Å². The van der Waals surface area contributed by atoms with Crippen molar-refractivity contribution < 1.29 is 24.2 Å². The summed E-state index contributed by atoms with van der Waals surface area (Å²) < 4.78 is 9.54. The Labute approximate surface area is 100 Å². The standard InChI is InChI=1S/C10H20N2O5/c1-16-6-4-3-5-11-10(15)12-8(7-17-2)9(13)14/h8H,3-7H2,1-2H3,(H,13,14)(H2,11,12,15). The lowest BCUT2D eigenvalue weighted by atomic mass is 10.3. The highest BCUT2D eigenvalue weighted by Crippen LogP contribution is 1.88. The second-order valence-corrected chi connectivity index (χ2v) is 3.45. The minimum absolute atomic E-state index is 0.0631. The third-order valence-corrected chi connectivity index (χ3v) is 2.00. The maximum Gasteiger partial charge on any atom is 0.328 e. The number of rotatable bonds is 9. The summed E-state index contributed by atoms with van der Waals surface area (Å²) in [6.45, 7) is 1.06. The van der Waals surface area contributed by atoms with Gasteiger partial charge in [-0.25, -0.2) is 9.59 Å². The summed E-state index contributed by atoms with van der Waals surface area (Å²) in [4.78, 5) is 22.0. The second kappa shape index (κ2) is 9.86. The van der Waals surface area contributed by atoms with Gasteiger partial charge < -0.3 is 25.2 Å². The van der Waals surface area contributed by atoms with Crippen molar-refractivity contribution in [2.24, 2.45) is 0 Å². The number of hydrogen-bond donors (Lipinski definition) is 3. The second-order valence-electron chi connectivity index (χ2n) is 3.45. The predicted molar refractivity (Wildman–Crippen MR) is 60.9 cm³/mol. The van der Waals surface area contributed by atoms with E-state index in [2.05, 4.69) is 15.4 Å². The molecule has 17 heavy (non-hydrogen) atoms. The Morgan fingerprint density at radius 3 is 2.47 bits per heavy atom. The molecule has 0 aromatic rings. The maximum absolute atomic E-state index is 11.3. The Kier molecular flexibility index (Phi) is 9.08. The monoisotopic (exact) mass is 248 g/mol. The van der Waals surface area contributed by atoms with E-state index in [9.17, 15) is 9.59 Å². The topological polar surface area (TPSA) is 96.9 Å². The molecule has 7 heteroatoms. The fourth-order valence-corrected chi connectivity index (χ4v) is 1.12. The van der Waals surface area contributed by atoms with Crippen LogP contribution in [-0.4, -0.2) is 57.1 Å². The highest BCUT2D eigenvalue weighted by molar-refractivity contribution is 5.82. The number of carbonyl (C=O) groups is 2. The predicted octanol–water partition coefficient (Wildman–Crippen LogP) is -0.188. The van der Waals surface area contributed by atoms with Crippen LogP contribution in [0.1, 0.15) is 12.8 Å². The molecule has 3 N–H and O–H groups in total. The van der Waals surface area contributed by atoms with E-state index in [1.54, 1.807) is 7.11 Å². The summed E-state index contributed by atoms with van der Waals surface area (Å²) in [6, 6.07) is -1.54. The first-order chi connectivity index (χ1) is 8.11. The van der Waals surface area contributed by atoms with Crippen LogP contribution in [0.4, 0.5) is 4.79 Å². The molecule has 0 bridgehead atoms. The van der Waals surface area contributed by atoms with Gasteiger partial charge >= 0.3 is 12.0 Å². The maximum atomic E-state index is 11.3. The van der Waals surface area contributed by atoms with E-state index in [1.165, 1.54) is 7.11 Å². The van der Waals surface area contributed by atoms with Crippen LogP contribution >= 0.6 is 0 Å². The number of aliphatic carboxylic acids is 1. The molecular formula is C10H20N2O5. The highest BCUT2D eigenvalue weighted by atomic mass is 16.5. The summed E-state index contributed by atoms with van der Waals surface area (Å²) in [7, 11) is 2.99. The molecule has 7 nitrogen and oxygen atoms in total. The molecule has 0 aliphatic rings. The summed E-state index contributed by atoms with van der Waals surface area (Å²) in [6.07, 6.45) is 1.63. The molecule has 0 heterocycles. The van der Waals surface area contributed by atoms with Crippen LogP contribution in [0.5, 0.6) is 0 Å². The van der Waals surface area contributed by atoms with E-state index in [0.717, 1.165) is 12.8 Å². The Morgan fingerprint density at radius 2 is 1.94 bits per heavy atom. The highest BCUT2D eigenvalue weighted by Gasteiger charge is 2.18. The van der Waals surface area contributed by atoms with Crippen LogP contribution in [-0.2, 0) is 14.3 Å². The van der Waals surface area contributed by atoms with Crippen molar-refractivity contribution in [2.45, 2.75) is 18.9 Å². The van der Waals surface area contributed by atoms with E-state index in [4.69, 9.17) is 9.84 Å². The Morgan fingerprint density at radius 1 is 1.24 bits per heavy atom. The van der Waals surface area contributed by atoms with Crippen LogP contribution in [0, 0.1) is 0 Å². The molecular weight excluding hydrogens is 228 g/mol. The Balaban J connectivity index is 3.71. The third kappa shape index (κ3) is 8.47. The molecule has 0 spiro atoms. The summed E-state index contributed by atoms with van der Waals surface area (Å²) in [5.41, 5.74) is 0. The zero-order valence-corrected chi connectivity index (χ0v) is 10.2. The molecule has 1 atom stereocenters. The van der Waals surface area contributed by atoms with Crippen molar-refractivity contribution in [1.29, 1.82) is 0 Å². The largest absolute Gasteiger partial charge is 0.480 e. The molecule has 1 unspecified atom stereocenters. The number of nitrogens with one attached hydrogen (secondary N) is 2. The van der Waals surface area contributed by atoms with Crippen LogP contribution in [0.2, 0.25) is 0 Å². The lowest BCUT2D eigenvalue weighted by Crippen LogP contribution is -2.48. The lowest BCUT2D eigenvalue weighted by molar-refractivity contribution is -0.140. The van der Waals surface area contributed by atoms with Gasteiger partial charge in [0.05, 0.1) is 6.61 Å². The zero-order chi connectivity index (χ0) is 13.1. The molecule has 0 aromatic carbocycles. The van der Waals surface area contributed by atoms with Gasteiger partial charge in [-0.15, -0.1) is 0 Å². The Bertz CT molecular complexity index is 235. The van der Waals surface area contributed by atoms with Gasteiger partial charge in [-0.3, -0.25) is 0 Å². The number of carboxylic acids is 1. The normalized spacial score (nSPS) is 11.9. The first kappa shape index (κ1) is 15.7. The van der Waals surface area contributed by atoms with Gasteiger partial charge in [0.1, 0.15) is 0 Å². The van der Waals surface area contributed by atoms with E-state index < -0.39 is 18.0 Å². The van der Waals surface area contributed by atoms with Gasteiger partial charge in [-0.2, -0.15) is 0 Å². The Hall–Kier alpha value is -1.34. The van der Waals surface area contributed by atoms with Crippen LogP contribution in [0.25, 0.3) is 0 Å². The number of amides is 2. The number of hydrogen-bond acceptors (Lipinski definition) is 4. The molecule has 0 aromatic heterocycles. The molecule has 0 aliphatic heterocycles. The van der Waals surface area contributed by atoms with Crippen LogP contribution in [0.3, 0.4) is 0 Å². The smallest absolute Gasteiger partial charge is 0.328 e. The molecule has 0 saturated carbocycles.